The molecule has 1 unspecified atom stereocenters. The molecule has 4 heteroatoms. The van der Waals surface area contributed by atoms with Gasteiger partial charge in [0.15, 0.2) is 0 Å². The summed E-state index contributed by atoms with van der Waals surface area (Å²) in [5.74, 6) is 1.52. The van der Waals surface area contributed by atoms with E-state index in [1.165, 1.54) is 5.39 Å². The molecule has 0 aliphatic heterocycles. The van der Waals surface area contributed by atoms with Gasteiger partial charge in [0.05, 0.1) is 5.69 Å². The molecule has 1 aromatic heterocycles. The summed E-state index contributed by atoms with van der Waals surface area (Å²) in [5, 5.41) is 4.95. The number of pyridine rings is 1. The number of hydrogen-bond donors (Lipinski definition) is 1. The van der Waals surface area contributed by atoms with Gasteiger partial charge < -0.3 is 10.1 Å². The van der Waals surface area contributed by atoms with Crippen molar-refractivity contribution >= 4 is 17.2 Å². The van der Waals surface area contributed by atoms with Crippen molar-refractivity contribution in [3.8, 4) is 5.75 Å². The summed E-state index contributed by atoms with van der Waals surface area (Å²) in [6, 6.07) is 20.3. The minimum atomic E-state index is 0.496. The van der Waals surface area contributed by atoms with Crippen molar-refractivity contribution in [1.82, 2.24) is 10.3 Å². The first-order valence-corrected chi connectivity index (χ1v) is 9.34. The molecule has 1 N–H and O–H groups in total. The van der Waals surface area contributed by atoms with Crippen LogP contribution in [0.15, 0.2) is 60.7 Å². The third-order valence-corrected chi connectivity index (χ3v) is 4.32. The second-order valence-corrected chi connectivity index (χ2v) is 6.58. The van der Waals surface area contributed by atoms with Gasteiger partial charge in [0.25, 0.3) is 0 Å². The van der Waals surface area contributed by atoms with E-state index >= 15 is 0 Å². The zero-order valence-corrected chi connectivity index (χ0v) is 16.3. The van der Waals surface area contributed by atoms with E-state index in [2.05, 4.69) is 42.3 Å². The smallest absolute Gasteiger partial charge is 0.207 e. The summed E-state index contributed by atoms with van der Waals surface area (Å²) in [5.41, 5.74) is 1.96. The molecule has 4 nitrogen and oxygen atoms in total. The first kappa shape index (κ1) is 20.4. The number of nitrogens with one attached hydrogen (secondary N) is 1. The second-order valence-electron chi connectivity index (χ2n) is 6.58. The van der Waals surface area contributed by atoms with Crippen LogP contribution in [-0.2, 0) is 11.4 Å². The molecule has 3 rings (SSSR count). The van der Waals surface area contributed by atoms with Crippen LogP contribution in [0.25, 0.3) is 10.8 Å². The summed E-state index contributed by atoms with van der Waals surface area (Å²) in [7, 11) is 0. The van der Waals surface area contributed by atoms with Gasteiger partial charge in [0, 0.05) is 17.6 Å². The number of aryl methyl sites for hydroxylation is 1. The second kappa shape index (κ2) is 11.0. The molecule has 0 fully saturated rings. The van der Waals surface area contributed by atoms with Crippen molar-refractivity contribution in [2.45, 2.75) is 33.8 Å². The van der Waals surface area contributed by atoms with Crippen LogP contribution in [-0.4, -0.2) is 17.9 Å². The first-order chi connectivity index (χ1) is 13.1. The van der Waals surface area contributed by atoms with Crippen LogP contribution in [0.1, 0.15) is 31.7 Å². The summed E-state index contributed by atoms with van der Waals surface area (Å²) < 4.78 is 5.90. The lowest BCUT2D eigenvalue weighted by Crippen LogP contribution is -2.18. The predicted octanol–water partition coefficient (Wildman–Crippen LogP) is 4.90. The number of amides is 1. The Morgan fingerprint density at radius 2 is 1.81 bits per heavy atom. The van der Waals surface area contributed by atoms with Crippen molar-refractivity contribution in [2.24, 2.45) is 5.92 Å². The number of carbonyl (C=O) groups excluding carboxylic acids is 1. The molecule has 0 bridgehead atoms. The first-order valence-electron chi connectivity index (χ1n) is 9.34. The molecule has 3 aromatic rings. The molecule has 0 spiro atoms. The Balaban J connectivity index is 0.000000279. The van der Waals surface area contributed by atoms with Crippen molar-refractivity contribution in [1.29, 1.82) is 0 Å². The van der Waals surface area contributed by atoms with Gasteiger partial charge in [-0.25, -0.2) is 0 Å². The van der Waals surface area contributed by atoms with Crippen molar-refractivity contribution in [3.63, 3.8) is 0 Å². The minimum Gasteiger partial charge on any atom is -0.487 e. The van der Waals surface area contributed by atoms with Crippen LogP contribution in [0, 0.1) is 12.8 Å². The molecule has 2 aromatic carbocycles. The fourth-order valence-corrected chi connectivity index (χ4v) is 2.55. The maximum atomic E-state index is 9.71. The number of hydrogen-bond acceptors (Lipinski definition) is 3. The molecular formula is C23H28N2O2. The van der Waals surface area contributed by atoms with Crippen LogP contribution in [0.4, 0.5) is 0 Å². The highest BCUT2D eigenvalue weighted by atomic mass is 16.5. The van der Waals surface area contributed by atoms with Crippen molar-refractivity contribution in [3.05, 3.63) is 72.1 Å². The fourth-order valence-electron chi connectivity index (χ4n) is 2.55. The lowest BCUT2D eigenvalue weighted by Gasteiger charge is -2.09. The number of rotatable bonds is 7. The Morgan fingerprint density at radius 1 is 1.07 bits per heavy atom. The summed E-state index contributed by atoms with van der Waals surface area (Å²) >= 11 is 0. The normalized spacial score (nSPS) is 11.2. The van der Waals surface area contributed by atoms with E-state index in [4.69, 9.17) is 4.74 Å². The Kier molecular flexibility index (Phi) is 8.30. The SMILES string of the molecule is CCC(C)CNC=O.Cc1cccc(COc2cccc3ccccc23)n1. The minimum absolute atomic E-state index is 0.496. The van der Waals surface area contributed by atoms with Gasteiger partial charge in [-0.1, -0.05) is 62.7 Å². The number of ether oxygens (including phenoxy) is 1. The number of aromatic nitrogens is 1. The lowest BCUT2D eigenvalue weighted by molar-refractivity contribution is -0.109. The number of nitrogens with zero attached hydrogens (tertiary/aromatic N) is 1. The Morgan fingerprint density at radius 3 is 2.56 bits per heavy atom. The molecular weight excluding hydrogens is 336 g/mol. The zero-order chi connectivity index (χ0) is 19.5. The quantitative estimate of drug-likeness (QED) is 0.607. The average molecular weight is 364 g/mol. The highest BCUT2D eigenvalue weighted by Gasteiger charge is 2.02. The highest BCUT2D eigenvalue weighted by molar-refractivity contribution is 5.88. The van der Waals surface area contributed by atoms with Gasteiger partial charge in [-0.05, 0) is 36.4 Å². The zero-order valence-electron chi connectivity index (χ0n) is 16.3. The monoisotopic (exact) mass is 364 g/mol. The molecule has 1 amide bonds. The molecule has 1 atom stereocenters. The molecule has 1 heterocycles. The third-order valence-electron chi connectivity index (χ3n) is 4.32. The Bertz CT molecular complexity index is 843. The molecule has 0 radical (unpaired) electrons. The van der Waals surface area contributed by atoms with Gasteiger partial charge in [0.2, 0.25) is 6.41 Å². The van der Waals surface area contributed by atoms with Gasteiger partial charge in [-0.3, -0.25) is 9.78 Å². The molecule has 0 saturated carbocycles. The molecule has 142 valence electrons. The number of carbonyl (C=O) groups is 1. The van der Waals surface area contributed by atoms with Crippen molar-refractivity contribution < 1.29 is 9.53 Å². The van der Waals surface area contributed by atoms with Crippen LogP contribution >= 0.6 is 0 Å². The van der Waals surface area contributed by atoms with E-state index in [1.807, 2.05) is 49.4 Å². The van der Waals surface area contributed by atoms with E-state index in [0.717, 1.165) is 41.9 Å². The molecule has 0 aliphatic carbocycles. The molecule has 0 aliphatic rings. The van der Waals surface area contributed by atoms with Gasteiger partial charge in [0.1, 0.15) is 12.4 Å². The van der Waals surface area contributed by atoms with E-state index in [0.29, 0.717) is 12.5 Å². The average Bonchev–Trinajstić information content (AvgIpc) is 2.71. The maximum absolute atomic E-state index is 9.71. The van der Waals surface area contributed by atoms with Gasteiger partial charge >= 0.3 is 0 Å². The number of benzene rings is 2. The van der Waals surface area contributed by atoms with E-state index in [9.17, 15) is 4.79 Å². The molecule has 27 heavy (non-hydrogen) atoms. The highest BCUT2D eigenvalue weighted by Crippen LogP contribution is 2.25. The van der Waals surface area contributed by atoms with E-state index in [-0.39, 0.29) is 0 Å². The van der Waals surface area contributed by atoms with Crippen LogP contribution in [0.3, 0.4) is 0 Å². The molecule has 0 saturated heterocycles. The van der Waals surface area contributed by atoms with E-state index < -0.39 is 0 Å². The topological polar surface area (TPSA) is 51.2 Å². The lowest BCUT2D eigenvalue weighted by atomic mass is 10.1. The van der Waals surface area contributed by atoms with Gasteiger partial charge in [-0.2, -0.15) is 0 Å². The number of fused-ring (bicyclic) bond motifs is 1. The summed E-state index contributed by atoms with van der Waals surface area (Å²) in [6.07, 6.45) is 1.87. The summed E-state index contributed by atoms with van der Waals surface area (Å²) in [4.78, 5) is 14.2. The third kappa shape index (κ3) is 6.74. The van der Waals surface area contributed by atoms with E-state index in [1.54, 1.807) is 0 Å². The Labute approximate surface area is 161 Å². The largest absolute Gasteiger partial charge is 0.487 e. The summed E-state index contributed by atoms with van der Waals surface area (Å²) in [6.45, 7) is 7.50. The maximum Gasteiger partial charge on any atom is 0.207 e. The fraction of sp³-hybridized carbons (Fsp3) is 0.304. The van der Waals surface area contributed by atoms with Crippen LogP contribution < -0.4 is 10.1 Å². The van der Waals surface area contributed by atoms with Crippen LogP contribution in [0.5, 0.6) is 5.75 Å². The predicted molar refractivity (Wildman–Crippen MR) is 111 cm³/mol. The standard InChI is InChI=1S/C17H15NO.C6H13NO/c1-13-6-4-9-15(18-13)12-19-17-11-5-8-14-7-2-3-10-16(14)17;1-3-6(2)4-7-5-8/h2-11H,12H2,1H3;5-6H,3-4H2,1-2H3,(H,7,8). The van der Waals surface area contributed by atoms with Gasteiger partial charge in [-0.15, -0.1) is 0 Å². The van der Waals surface area contributed by atoms with Crippen molar-refractivity contribution in [2.75, 3.05) is 6.54 Å². The van der Waals surface area contributed by atoms with Crippen LogP contribution in [0.2, 0.25) is 0 Å². The Hall–Kier alpha value is -2.88.